The maximum Gasteiger partial charge on any atom is 0.501 e. The van der Waals surface area contributed by atoms with Crippen molar-refractivity contribution in [1.29, 1.82) is 0 Å². The van der Waals surface area contributed by atoms with Crippen LogP contribution < -0.4 is 28.5 Å². The minimum atomic E-state index is -5.01. The molecule has 0 bridgehead atoms. The van der Waals surface area contributed by atoms with E-state index in [1.807, 2.05) is 21.0 Å². The number of carbonyl (C=O) groups is 4. The van der Waals surface area contributed by atoms with Gasteiger partial charge >= 0.3 is 10.4 Å². The lowest BCUT2D eigenvalue weighted by Crippen LogP contribution is -2.60. The molecule has 4 aromatic carbocycles. The standard InChI is InChI=1S/C58H70N4O23S/c1-27(2)60-53(71)30-13-16-35(81-55-51(70)50(69)47(66)39(26-63)82-55)37(21-30)85-86(74,75)84-31-14-11-29(12-15-31)25-62(4,5)19-17-59-57(72)58(73)23-33-42(49(68)44-43(46(33)65)45(64)32-9-8-10-36(76-6)41(32)48(44)67)38(24-58)80-40-22-34-52(28(3)79-40)83-54-56(77-7)78-20-18-61(34)54/h8-16,21,27-28,34,38-40,47,50-52,54-56,63,66,69-70,73H,17-20,22-26H2,1-7H3,(H3-,59,60,64,65,67,68,71,72)/p+1/t28-,34-,38-,39+,40-,47-,50-,51+,52+,54+,55+,56-,58-/m0/s1. The zero-order valence-corrected chi connectivity index (χ0v) is 48.9. The van der Waals surface area contributed by atoms with Crippen LogP contribution >= 0.6 is 0 Å². The van der Waals surface area contributed by atoms with Crippen molar-refractivity contribution >= 4 is 33.8 Å². The molecule has 466 valence electrons. The summed E-state index contributed by atoms with van der Waals surface area (Å²) in [4.78, 5) is 58.1. The van der Waals surface area contributed by atoms with Gasteiger partial charge in [0.15, 0.2) is 36.1 Å². The van der Waals surface area contributed by atoms with E-state index in [-0.39, 0.29) is 81.1 Å². The van der Waals surface area contributed by atoms with Gasteiger partial charge in [0.25, 0.3) is 11.8 Å². The van der Waals surface area contributed by atoms with Crippen LogP contribution in [0, 0.1) is 0 Å². The van der Waals surface area contributed by atoms with Crippen molar-refractivity contribution in [3.63, 3.8) is 0 Å². The highest BCUT2D eigenvalue weighted by molar-refractivity contribution is 7.82. The average molecular weight is 1220 g/mol. The zero-order valence-electron chi connectivity index (χ0n) is 48.1. The van der Waals surface area contributed by atoms with Crippen LogP contribution in [0.1, 0.15) is 98.6 Å². The SMILES string of the molecule is COc1cccc2c1C(=O)c1c(O)c3c(c(O)c1C2=O)C[C@@](O)(C(=O)NCC[N+](C)(C)Cc1ccc(OS(=O)(=O)Oc2cc(C(=O)NC(C)C)ccc2O[C@@H]2O[C@H](CO)[C@H](O)[C@H](O)[C@H]2O)cc1)C[C@@H]3O[C@H]1C[C@H]2[C@H](O[C@@H]3[C@@H](OC)OCCN32)[C@H](C)O1. The van der Waals surface area contributed by atoms with Crippen molar-refractivity contribution in [3.8, 4) is 34.5 Å². The van der Waals surface area contributed by atoms with Crippen LogP contribution in [0.4, 0.5) is 0 Å². The van der Waals surface area contributed by atoms with Crippen LogP contribution in [0.5, 0.6) is 34.5 Å². The quantitative estimate of drug-likeness (QED) is 0.0403. The molecule has 28 heteroatoms. The highest BCUT2D eigenvalue weighted by Crippen LogP contribution is 2.53. The lowest BCUT2D eigenvalue weighted by atomic mass is 9.72. The number of rotatable bonds is 19. The van der Waals surface area contributed by atoms with E-state index >= 15 is 0 Å². The van der Waals surface area contributed by atoms with Crippen LogP contribution in [0.15, 0.2) is 60.7 Å². The summed E-state index contributed by atoms with van der Waals surface area (Å²) in [5, 5.41) is 83.2. The number of methoxy groups -OCH3 is 2. The van der Waals surface area contributed by atoms with Gasteiger partial charge in [0.2, 0.25) is 12.1 Å². The maximum absolute atomic E-state index is 14.5. The molecule has 6 aliphatic rings. The number of ketones is 2. The predicted molar refractivity (Wildman–Crippen MR) is 295 cm³/mol. The fraction of sp³-hybridized carbons (Fsp3) is 0.517. The molecule has 2 amide bonds. The van der Waals surface area contributed by atoms with Crippen molar-refractivity contribution in [1.82, 2.24) is 15.5 Å². The molecule has 4 heterocycles. The number of hydrogen-bond donors (Lipinski definition) is 9. The molecule has 0 radical (unpaired) electrons. The van der Waals surface area contributed by atoms with Crippen LogP contribution in [-0.2, 0) is 56.6 Å². The molecule has 27 nitrogen and oxygen atoms in total. The summed E-state index contributed by atoms with van der Waals surface area (Å²) in [5.41, 5.74) is -3.16. The van der Waals surface area contributed by atoms with Crippen LogP contribution in [0.3, 0.4) is 0 Å². The first-order valence-electron chi connectivity index (χ1n) is 28.0. The number of carbonyl (C=O) groups excluding carboxylic acids is 4. The molecule has 9 N–H and O–H groups in total. The smallest absolute Gasteiger partial charge is 0.501 e. The van der Waals surface area contributed by atoms with Gasteiger partial charge in [-0.05, 0) is 69.3 Å². The Morgan fingerprint density at radius 2 is 1.60 bits per heavy atom. The van der Waals surface area contributed by atoms with Gasteiger partial charge in [-0.2, -0.15) is 0 Å². The number of phenols is 2. The van der Waals surface area contributed by atoms with Crippen LogP contribution in [0.2, 0.25) is 0 Å². The van der Waals surface area contributed by atoms with Crippen molar-refractivity contribution < 1.29 is 114 Å². The van der Waals surface area contributed by atoms with E-state index in [9.17, 15) is 63.3 Å². The molecule has 0 unspecified atom stereocenters. The molecule has 4 saturated heterocycles. The number of benzene rings is 4. The molecule has 13 atom stereocenters. The first-order valence-corrected chi connectivity index (χ1v) is 29.3. The summed E-state index contributed by atoms with van der Waals surface area (Å²) in [6.07, 6.45) is -14.0. The van der Waals surface area contributed by atoms with E-state index in [2.05, 4.69) is 15.5 Å². The fourth-order valence-electron chi connectivity index (χ4n) is 12.1. The number of fused-ring (bicyclic) bond motifs is 6. The number of aliphatic hydroxyl groups excluding tert-OH is 4. The monoisotopic (exact) mass is 1220 g/mol. The molecule has 2 aliphatic carbocycles. The molecule has 10 rings (SSSR count). The van der Waals surface area contributed by atoms with Crippen molar-refractivity contribution in [2.45, 2.75) is 132 Å². The van der Waals surface area contributed by atoms with E-state index in [1.165, 1.54) is 50.6 Å². The van der Waals surface area contributed by atoms with Gasteiger partial charge in [0.05, 0.1) is 76.4 Å². The Morgan fingerprint density at radius 1 is 0.872 bits per heavy atom. The summed E-state index contributed by atoms with van der Waals surface area (Å²) in [5.74, 6) is -5.52. The largest absolute Gasteiger partial charge is 0.507 e. The number of hydrogen-bond acceptors (Lipinski definition) is 24. The maximum atomic E-state index is 14.5. The highest BCUT2D eigenvalue weighted by Gasteiger charge is 2.56. The Bertz CT molecular complexity index is 3360. The number of nitrogens with one attached hydrogen (secondary N) is 2. The Kier molecular flexibility index (Phi) is 17.8. The van der Waals surface area contributed by atoms with E-state index < -0.39 is 155 Å². The van der Waals surface area contributed by atoms with E-state index in [1.54, 1.807) is 26.0 Å². The van der Waals surface area contributed by atoms with E-state index in [0.717, 1.165) is 12.1 Å². The predicted octanol–water partition coefficient (Wildman–Crippen LogP) is 0.562. The average Bonchev–Trinajstić information content (AvgIpc) is 0.851. The molecule has 0 aromatic heterocycles. The van der Waals surface area contributed by atoms with E-state index in [4.69, 9.17) is 46.3 Å². The van der Waals surface area contributed by atoms with Crippen molar-refractivity contribution in [2.24, 2.45) is 0 Å². The van der Waals surface area contributed by atoms with Crippen molar-refractivity contribution in [3.05, 3.63) is 105 Å². The topological polar surface area (TPSA) is 364 Å². The molecule has 86 heavy (non-hydrogen) atoms. The second-order valence-electron chi connectivity index (χ2n) is 23.1. The summed E-state index contributed by atoms with van der Waals surface area (Å²) in [7, 11) is 1.56. The second kappa shape index (κ2) is 24.5. The number of morpholine rings is 1. The number of aliphatic hydroxyl groups is 5. The van der Waals surface area contributed by atoms with Gasteiger partial charge < -0.3 is 97.1 Å². The normalized spacial score (nSPS) is 29.0. The number of aromatic hydroxyl groups is 2. The minimum absolute atomic E-state index is 0.00571. The van der Waals surface area contributed by atoms with Gasteiger partial charge in [-0.25, -0.2) is 0 Å². The Hall–Kier alpha value is -6.61. The molecular weight excluding hydrogens is 1150 g/mol. The van der Waals surface area contributed by atoms with Crippen LogP contribution in [0.25, 0.3) is 0 Å². The van der Waals surface area contributed by atoms with Crippen LogP contribution in [-0.4, -0.2) is 217 Å². The first-order chi connectivity index (χ1) is 40.7. The Balaban J connectivity index is 0.829. The third-order valence-corrected chi connectivity index (χ3v) is 17.0. The summed E-state index contributed by atoms with van der Waals surface area (Å²) in [6.45, 7) is 5.93. The number of nitrogens with zero attached hydrogens (tertiary/aromatic N) is 2. The number of amides is 2. The summed E-state index contributed by atoms with van der Waals surface area (Å²) < 4.78 is 85.1. The Morgan fingerprint density at radius 3 is 2.30 bits per heavy atom. The molecule has 4 aliphatic heterocycles. The molecular formula is C58H71N4O23S+. The molecule has 0 spiro atoms. The fourth-order valence-corrected chi connectivity index (χ4v) is 12.8. The lowest BCUT2D eigenvalue weighted by Gasteiger charge is -2.43. The number of likely N-dealkylation sites (N-methyl/N-ethyl adjacent to an activating group) is 1. The zero-order chi connectivity index (χ0) is 61.9. The van der Waals surface area contributed by atoms with E-state index in [0.29, 0.717) is 25.3 Å². The minimum Gasteiger partial charge on any atom is -0.507 e. The number of quaternary nitrogens is 1. The summed E-state index contributed by atoms with van der Waals surface area (Å²) >= 11 is 0. The number of phenolic OH excluding ortho intramolecular Hbond substituents is 2. The van der Waals surface area contributed by atoms with Gasteiger partial charge in [-0.3, -0.25) is 24.1 Å². The third-order valence-electron chi connectivity index (χ3n) is 16.2. The highest BCUT2D eigenvalue weighted by atomic mass is 32.3. The summed E-state index contributed by atoms with van der Waals surface area (Å²) in [6, 6.07) is 13.2. The lowest BCUT2D eigenvalue weighted by molar-refractivity contribution is -0.902. The third kappa shape index (κ3) is 12.2. The molecule has 4 fully saturated rings. The van der Waals surface area contributed by atoms with Gasteiger partial charge in [0.1, 0.15) is 65.7 Å². The van der Waals surface area contributed by atoms with Gasteiger partial charge in [0, 0.05) is 72.8 Å². The molecule has 4 aromatic rings. The molecule has 0 saturated carbocycles. The van der Waals surface area contributed by atoms with Gasteiger partial charge in [-0.1, -0.05) is 12.1 Å². The Labute approximate surface area is 494 Å². The second-order valence-corrected chi connectivity index (χ2v) is 24.2. The van der Waals surface area contributed by atoms with Gasteiger partial charge in [-0.15, -0.1) is 8.42 Å². The van der Waals surface area contributed by atoms with Crippen molar-refractivity contribution in [2.75, 3.05) is 61.2 Å². The number of ether oxygens (including phenoxy) is 8. The first kappa shape index (κ1) is 62.4.